The average Bonchev–Trinajstić information content (AvgIpc) is 2.70. The smallest absolute Gasteiger partial charge is 0.268 e. The molecule has 6 nitrogen and oxygen atoms in total. The lowest BCUT2D eigenvalue weighted by Crippen LogP contribution is -2.37. The first kappa shape index (κ1) is 18.5. The van der Waals surface area contributed by atoms with Crippen LogP contribution in [0.5, 0.6) is 11.5 Å². The Hall–Kier alpha value is -3.28. The van der Waals surface area contributed by atoms with E-state index in [-0.39, 0.29) is 17.5 Å². The highest BCUT2D eigenvalue weighted by Crippen LogP contribution is 2.35. The summed E-state index contributed by atoms with van der Waals surface area (Å²) in [7, 11) is 3.15. The van der Waals surface area contributed by atoms with Crippen LogP contribution in [0.15, 0.2) is 48.2 Å². The van der Waals surface area contributed by atoms with E-state index < -0.39 is 0 Å². The zero-order chi connectivity index (χ0) is 19.4. The van der Waals surface area contributed by atoms with Gasteiger partial charge in [-0.15, -0.1) is 0 Å². The van der Waals surface area contributed by atoms with Gasteiger partial charge in [0.2, 0.25) is 0 Å². The van der Waals surface area contributed by atoms with Crippen molar-refractivity contribution in [3.05, 3.63) is 64.9 Å². The van der Waals surface area contributed by atoms with Gasteiger partial charge in [-0.25, -0.2) is 0 Å². The molecule has 1 aliphatic heterocycles. The third-order valence-electron chi connectivity index (χ3n) is 4.57. The van der Waals surface area contributed by atoms with Crippen LogP contribution in [0.2, 0.25) is 0 Å². The zero-order valence-electron chi connectivity index (χ0n) is 15.6. The Morgan fingerprint density at radius 2 is 1.74 bits per heavy atom. The van der Waals surface area contributed by atoms with Crippen molar-refractivity contribution >= 4 is 17.4 Å². The molecule has 0 aromatic heterocycles. The molecule has 2 amide bonds. The first-order valence-corrected chi connectivity index (χ1v) is 8.66. The fourth-order valence-corrected chi connectivity index (χ4v) is 3.11. The third-order valence-corrected chi connectivity index (χ3v) is 4.57. The molecule has 27 heavy (non-hydrogen) atoms. The maximum absolute atomic E-state index is 12.6. The number of hydrogen-bond acceptors (Lipinski definition) is 4. The first-order chi connectivity index (χ1) is 13.0. The predicted octanol–water partition coefficient (Wildman–Crippen LogP) is 2.54. The van der Waals surface area contributed by atoms with Gasteiger partial charge in [-0.1, -0.05) is 18.2 Å². The Balaban J connectivity index is 2.07. The van der Waals surface area contributed by atoms with Crippen molar-refractivity contribution in [3.8, 4) is 11.5 Å². The average molecular weight is 366 g/mol. The Morgan fingerprint density at radius 1 is 1.07 bits per heavy atom. The van der Waals surface area contributed by atoms with E-state index in [1.54, 1.807) is 38.5 Å². The third kappa shape index (κ3) is 3.79. The van der Waals surface area contributed by atoms with Gasteiger partial charge in [0, 0.05) is 12.1 Å². The van der Waals surface area contributed by atoms with E-state index in [1.807, 2.05) is 25.1 Å². The summed E-state index contributed by atoms with van der Waals surface area (Å²) in [5.74, 6) is 0.566. The summed E-state index contributed by atoms with van der Waals surface area (Å²) < 4.78 is 10.8. The van der Waals surface area contributed by atoms with Crippen molar-refractivity contribution < 1.29 is 19.1 Å². The van der Waals surface area contributed by atoms with Crippen LogP contribution in [0.4, 0.5) is 0 Å². The Morgan fingerprint density at radius 3 is 2.41 bits per heavy atom. The summed E-state index contributed by atoms with van der Waals surface area (Å²) in [4.78, 5) is 25.2. The lowest BCUT2D eigenvalue weighted by atomic mass is 9.94. The van der Waals surface area contributed by atoms with Gasteiger partial charge in [0.25, 0.3) is 11.8 Å². The topological polar surface area (TPSA) is 76.7 Å². The molecule has 2 N–H and O–H groups in total. The summed E-state index contributed by atoms with van der Waals surface area (Å²) in [6.07, 6.45) is 0.651. The SMILES string of the molecule is COc1cc2c(cc1OC)/C(C)=C(/NC(=O)c1ccccc1)C(=O)NCC2. The zero-order valence-corrected chi connectivity index (χ0v) is 15.6. The maximum atomic E-state index is 12.6. The normalized spacial score (nSPS) is 16.5. The molecule has 1 heterocycles. The summed E-state index contributed by atoms with van der Waals surface area (Å²) in [5, 5.41) is 5.61. The molecule has 0 atom stereocenters. The van der Waals surface area contributed by atoms with E-state index in [1.165, 1.54) is 0 Å². The van der Waals surface area contributed by atoms with E-state index in [9.17, 15) is 9.59 Å². The predicted molar refractivity (Wildman–Crippen MR) is 103 cm³/mol. The second-order valence-electron chi connectivity index (χ2n) is 6.19. The number of carbonyl (C=O) groups excluding carboxylic acids is 2. The molecule has 0 saturated heterocycles. The quantitative estimate of drug-likeness (QED) is 0.872. The number of nitrogens with one attached hydrogen (secondary N) is 2. The minimum atomic E-state index is -0.331. The van der Waals surface area contributed by atoms with Gasteiger partial charge in [0.1, 0.15) is 5.70 Å². The molecule has 0 unspecified atom stereocenters. The Bertz CT molecular complexity index is 904. The molecule has 3 rings (SSSR count). The van der Waals surface area contributed by atoms with Crippen molar-refractivity contribution in [3.63, 3.8) is 0 Å². The molecule has 0 bridgehead atoms. The van der Waals surface area contributed by atoms with Crippen LogP contribution in [0.3, 0.4) is 0 Å². The Labute approximate surface area is 158 Å². The summed E-state index contributed by atoms with van der Waals surface area (Å²) in [6.45, 7) is 2.27. The summed E-state index contributed by atoms with van der Waals surface area (Å²) >= 11 is 0. The Kier molecular flexibility index (Phi) is 5.45. The van der Waals surface area contributed by atoms with Crippen molar-refractivity contribution in [2.45, 2.75) is 13.3 Å². The number of carbonyl (C=O) groups is 2. The standard InChI is InChI=1S/C21H22N2O4/c1-13-16-12-18(27-3)17(26-2)11-15(16)9-10-22-21(25)19(13)23-20(24)14-7-5-4-6-8-14/h4-8,11-12H,9-10H2,1-3H3,(H,22,25)(H,23,24)/b19-13+. The van der Waals surface area contributed by atoms with Crippen LogP contribution >= 0.6 is 0 Å². The minimum Gasteiger partial charge on any atom is -0.493 e. The number of rotatable bonds is 4. The highest BCUT2D eigenvalue weighted by atomic mass is 16.5. The summed E-state index contributed by atoms with van der Waals surface area (Å²) in [6, 6.07) is 12.5. The fourth-order valence-electron chi connectivity index (χ4n) is 3.11. The lowest BCUT2D eigenvalue weighted by molar-refractivity contribution is -0.117. The van der Waals surface area contributed by atoms with Crippen molar-refractivity contribution in [1.82, 2.24) is 10.6 Å². The monoisotopic (exact) mass is 366 g/mol. The number of methoxy groups -OCH3 is 2. The molecule has 2 aromatic rings. The highest BCUT2D eigenvalue weighted by Gasteiger charge is 2.23. The van der Waals surface area contributed by atoms with Gasteiger partial charge in [0.15, 0.2) is 11.5 Å². The highest BCUT2D eigenvalue weighted by molar-refractivity contribution is 6.07. The molecular formula is C21H22N2O4. The second kappa shape index (κ2) is 7.95. The largest absolute Gasteiger partial charge is 0.493 e. The molecule has 0 fully saturated rings. The van der Waals surface area contributed by atoms with Crippen LogP contribution in [0.25, 0.3) is 5.57 Å². The molecule has 6 heteroatoms. The van der Waals surface area contributed by atoms with E-state index in [0.29, 0.717) is 35.6 Å². The van der Waals surface area contributed by atoms with Gasteiger partial charge < -0.3 is 20.1 Å². The summed E-state index contributed by atoms with van der Waals surface area (Å²) in [5.41, 5.74) is 3.26. The minimum absolute atomic E-state index is 0.233. The molecular weight excluding hydrogens is 344 g/mol. The van der Waals surface area contributed by atoms with E-state index in [2.05, 4.69) is 10.6 Å². The molecule has 1 aliphatic rings. The van der Waals surface area contributed by atoms with Gasteiger partial charge in [0.05, 0.1) is 14.2 Å². The lowest BCUT2D eigenvalue weighted by Gasteiger charge is -2.21. The van der Waals surface area contributed by atoms with E-state index in [4.69, 9.17) is 9.47 Å². The second-order valence-corrected chi connectivity index (χ2v) is 6.19. The number of ether oxygens (including phenoxy) is 2. The first-order valence-electron chi connectivity index (χ1n) is 8.66. The van der Waals surface area contributed by atoms with Crippen LogP contribution < -0.4 is 20.1 Å². The number of amides is 2. The van der Waals surface area contributed by atoms with Crippen LogP contribution in [0, 0.1) is 0 Å². The molecule has 140 valence electrons. The van der Waals surface area contributed by atoms with Gasteiger partial charge in [-0.3, -0.25) is 9.59 Å². The van der Waals surface area contributed by atoms with Gasteiger partial charge in [-0.05, 0) is 54.3 Å². The van der Waals surface area contributed by atoms with Crippen molar-refractivity contribution in [2.24, 2.45) is 0 Å². The van der Waals surface area contributed by atoms with Crippen LogP contribution in [-0.2, 0) is 11.2 Å². The van der Waals surface area contributed by atoms with Gasteiger partial charge >= 0.3 is 0 Å². The van der Waals surface area contributed by atoms with Crippen molar-refractivity contribution in [1.29, 1.82) is 0 Å². The van der Waals surface area contributed by atoms with Crippen molar-refractivity contribution in [2.75, 3.05) is 20.8 Å². The number of allylic oxidation sites excluding steroid dienone is 1. The molecule has 0 saturated carbocycles. The van der Waals surface area contributed by atoms with Crippen LogP contribution in [-0.4, -0.2) is 32.6 Å². The molecule has 0 aliphatic carbocycles. The number of benzene rings is 2. The fraction of sp³-hybridized carbons (Fsp3) is 0.238. The molecule has 0 spiro atoms. The maximum Gasteiger partial charge on any atom is 0.268 e. The number of hydrogen-bond donors (Lipinski definition) is 2. The number of fused-ring (bicyclic) bond motifs is 1. The van der Waals surface area contributed by atoms with E-state index >= 15 is 0 Å². The van der Waals surface area contributed by atoms with E-state index in [0.717, 1.165) is 11.1 Å². The van der Waals surface area contributed by atoms with Crippen LogP contribution in [0.1, 0.15) is 28.4 Å². The van der Waals surface area contributed by atoms with Gasteiger partial charge in [-0.2, -0.15) is 0 Å². The molecule has 0 radical (unpaired) electrons. The molecule has 2 aromatic carbocycles.